The van der Waals surface area contributed by atoms with Gasteiger partial charge in [0.2, 0.25) is 5.91 Å². The zero-order valence-corrected chi connectivity index (χ0v) is 14.1. The highest BCUT2D eigenvalue weighted by atomic mass is 35.5. The lowest BCUT2D eigenvalue weighted by Gasteiger charge is -2.11. The first kappa shape index (κ1) is 18.8. The van der Waals surface area contributed by atoms with Crippen LogP contribution < -0.4 is 10.6 Å². The number of anilines is 1. The minimum absolute atomic E-state index is 0. The number of ether oxygens (including phenoxy) is 1. The molecule has 1 fully saturated rings. The van der Waals surface area contributed by atoms with Crippen LogP contribution >= 0.6 is 24.2 Å². The molecule has 1 aromatic carbocycles. The number of nitrogens with one attached hydrogen (secondary N) is 2. The summed E-state index contributed by atoms with van der Waals surface area (Å²) in [7, 11) is 1.39. The molecule has 0 aliphatic carbocycles. The molecular formula is C15H21ClN2O3S. The topological polar surface area (TPSA) is 67.4 Å². The molecule has 1 aliphatic heterocycles. The maximum absolute atomic E-state index is 12.1. The van der Waals surface area contributed by atoms with E-state index in [1.165, 1.54) is 18.9 Å². The largest absolute Gasteiger partial charge is 0.468 e. The number of halogens is 1. The summed E-state index contributed by atoms with van der Waals surface area (Å²) >= 11 is 1.49. The average Bonchev–Trinajstić information content (AvgIpc) is 3.02. The summed E-state index contributed by atoms with van der Waals surface area (Å²) in [4.78, 5) is 23.1. The number of hydrogen-bond acceptors (Lipinski definition) is 5. The summed E-state index contributed by atoms with van der Waals surface area (Å²) in [6.45, 7) is 1.66. The van der Waals surface area contributed by atoms with Crippen LogP contribution in [0.5, 0.6) is 0 Å². The Balaban J connectivity index is 0.00000242. The van der Waals surface area contributed by atoms with Crippen molar-refractivity contribution in [1.29, 1.82) is 0 Å². The number of hydrogen-bond donors (Lipinski definition) is 2. The van der Waals surface area contributed by atoms with Crippen molar-refractivity contribution in [3.05, 3.63) is 29.8 Å². The molecule has 122 valence electrons. The van der Waals surface area contributed by atoms with Crippen LogP contribution in [0.4, 0.5) is 5.69 Å². The standard InChI is InChI=1S/C15H20N2O3S.ClH/c1-20-14(18)10-21-9-11-3-2-4-13(7-11)17-15(19)12-5-6-16-8-12;/h2-4,7,12,16H,5-6,8-10H2,1H3,(H,17,19);1H. The molecule has 1 amide bonds. The fraction of sp³-hybridized carbons (Fsp3) is 0.467. The van der Waals surface area contributed by atoms with Gasteiger partial charge in [-0.1, -0.05) is 12.1 Å². The van der Waals surface area contributed by atoms with Gasteiger partial charge >= 0.3 is 5.97 Å². The molecule has 1 unspecified atom stereocenters. The van der Waals surface area contributed by atoms with E-state index in [4.69, 9.17) is 0 Å². The van der Waals surface area contributed by atoms with Crippen molar-refractivity contribution in [2.75, 3.05) is 31.3 Å². The van der Waals surface area contributed by atoms with E-state index in [0.717, 1.165) is 30.8 Å². The zero-order chi connectivity index (χ0) is 15.1. The molecule has 0 aromatic heterocycles. The molecule has 1 saturated heterocycles. The van der Waals surface area contributed by atoms with Gasteiger partial charge in [-0.3, -0.25) is 9.59 Å². The molecule has 1 aliphatic rings. The summed E-state index contributed by atoms with van der Waals surface area (Å²) in [5.74, 6) is 0.949. The molecule has 1 atom stereocenters. The average molecular weight is 345 g/mol. The second-order valence-corrected chi connectivity index (χ2v) is 5.93. The number of carbonyl (C=O) groups is 2. The second-order valence-electron chi connectivity index (χ2n) is 4.95. The van der Waals surface area contributed by atoms with E-state index in [-0.39, 0.29) is 30.2 Å². The van der Waals surface area contributed by atoms with Crippen molar-refractivity contribution >= 4 is 41.7 Å². The number of amides is 1. The Morgan fingerprint density at radius 3 is 2.95 bits per heavy atom. The van der Waals surface area contributed by atoms with Crippen molar-refractivity contribution in [3.8, 4) is 0 Å². The van der Waals surface area contributed by atoms with Crippen molar-refractivity contribution < 1.29 is 14.3 Å². The summed E-state index contributed by atoms with van der Waals surface area (Å²) in [6.07, 6.45) is 0.889. The van der Waals surface area contributed by atoms with Crippen LogP contribution in [-0.4, -0.2) is 37.8 Å². The SMILES string of the molecule is COC(=O)CSCc1cccc(NC(=O)C2CCNC2)c1.Cl. The molecule has 1 aromatic rings. The van der Waals surface area contributed by atoms with Crippen molar-refractivity contribution in [3.63, 3.8) is 0 Å². The van der Waals surface area contributed by atoms with Crippen LogP contribution in [0.1, 0.15) is 12.0 Å². The van der Waals surface area contributed by atoms with Gasteiger partial charge in [-0.2, -0.15) is 0 Å². The molecule has 0 radical (unpaired) electrons. The molecule has 2 rings (SSSR count). The molecule has 0 saturated carbocycles. The Kier molecular flexibility index (Phi) is 8.30. The Hall–Kier alpha value is -1.24. The monoisotopic (exact) mass is 344 g/mol. The van der Waals surface area contributed by atoms with Gasteiger partial charge in [-0.15, -0.1) is 24.2 Å². The lowest BCUT2D eigenvalue weighted by molar-refractivity contribution is -0.137. The van der Waals surface area contributed by atoms with Crippen molar-refractivity contribution in [2.24, 2.45) is 5.92 Å². The molecule has 5 nitrogen and oxygen atoms in total. The third-order valence-electron chi connectivity index (χ3n) is 3.34. The minimum atomic E-state index is -0.224. The van der Waals surface area contributed by atoms with Crippen molar-refractivity contribution in [1.82, 2.24) is 5.32 Å². The van der Waals surface area contributed by atoms with Gasteiger partial charge in [0.05, 0.1) is 18.8 Å². The van der Waals surface area contributed by atoms with Crippen LogP contribution in [0.3, 0.4) is 0 Å². The van der Waals surface area contributed by atoms with Gasteiger partial charge in [0, 0.05) is 18.0 Å². The summed E-state index contributed by atoms with van der Waals surface area (Å²) < 4.78 is 4.60. The number of esters is 1. The Morgan fingerprint density at radius 2 is 2.27 bits per heavy atom. The molecule has 7 heteroatoms. The minimum Gasteiger partial charge on any atom is -0.468 e. The highest BCUT2D eigenvalue weighted by molar-refractivity contribution is 7.99. The smallest absolute Gasteiger partial charge is 0.315 e. The molecule has 22 heavy (non-hydrogen) atoms. The second kappa shape index (κ2) is 9.71. The molecule has 2 N–H and O–H groups in total. The van der Waals surface area contributed by atoms with Gasteiger partial charge in [-0.05, 0) is 30.7 Å². The fourth-order valence-corrected chi connectivity index (χ4v) is 2.97. The van der Waals surface area contributed by atoms with Crippen LogP contribution in [0.15, 0.2) is 24.3 Å². The van der Waals surface area contributed by atoms with E-state index < -0.39 is 0 Å². The Labute approximate surface area is 141 Å². The molecule has 1 heterocycles. The lowest BCUT2D eigenvalue weighted by Crippen LogP contribution is -2.24. The van der Waals surface area contributed by atoms with Crippen LogP contribution in [0.2, 0.25) is 0 Å². The number of carbonyl (C=O) groups excluding carboxylic acids is 2. The highest BCUT2D eigenvalue weighted by Crippen LogP contribution is 2.18. The van der Waals surface area contributed by atoms with E-state index in [2.05, 4.69) is 15.4 Å². The first-order chi connectivity index (χ1) is 10.2. The van der Waals surface area contributed by atoms with Gasteiger partial charge in [0.25, 0.3) is 0 Å². The molecular weight excluding hydrogens is 324 g/mol. The molecule has 0 spiro atoms. The van der Waals surface area contributed by atoms with E-state index in [1.807, 2.05) is 24.3 Å². The highest BCUT2D eigenvalue weighted by Gasteiger charge is 2.22. The fourth-order valence-electron chi connectivity index (χ4n) is 2.17. The maximum Gasteiger partial charge on any atom is 0.315 e. The van der Waals surface area contributed by atoms with Gasteiger partial charge < -0.3 is 15.4 Å². The predicted molar refractivity (Wildman–Crippen MR) is 91.5 cm³/mol. The van der Waals surface area contributed by atoms with Gasteiger partial charge in [0.15, 0.2) is 0 Å². The first-order valence-corrected chi connectivity index (χ1v) is 8.09. The number of thioether (sulfide) groups is 1. The van der Waals surface area contributed by atoms with E-state index in [0.29, 0.717) is 11.5 Å². The predicted octanol–water partition coefficient (Wildman–Crippen LogP) is 2.06. The maximum atomic E-state index is 12.1. The first-order valence-electron chi connectivity index (χ1n) is 6.94. The number of rotatable bonds is 6. The van der Waals surface area contributed by atoms with Crippen LogP contribution in [0.25, 0.3) is 0 Å². The van der Waals surface area contributed by atoms with Crippen LogP contribution in [-0.2, 0) is 20.1 Å². The molecule has 0 bridgehead atoms. The Morgan fingerprint density at radius 1 is 1.45 bits per heavy atom. The van der Waals surface area contributed by atoms with E-state index in [9.17, 15) is 9.59 Å². The summed E-state index contributed by atoms with van der Waals surface area (Å²) in [5.41, 5.74) is 1.88. The summed E-state index contributed by atoms with van der Waals surface area (Å²) in [5, 5.41) is 6.14. The Bertz CT molecular complexity index is 507. The normalized spacial score (nSPS) is 16.7. The summed E-state index contributed by atoms with van der Waals surface area (Å²) in [6, 6.07) is 7.73. The van der Waals surface area contributed by atoms with Crippen LogP contribution in [0, 0.1) is 5.92 Å². The van der Waals surface area contributed by atoms with Crippen molar-refractivity contribution in [2.45, 2.75) is 12.2 Å². The number of benzene rings is 1. The third kappa shape index (κ3) is 5.87. The van der Waals surface area contributed by atoms with E-state index in [1.54, 1.807) is 0 Å². The quantitative estimate of drug-likeness (QED) is 0.773. The van der Waals surface area contributed by atoms with Gasteiger partial charge in [0.1, 0.15) is 0 Å². The van der Waals surface area contributed by atoms with E-state index >= 15 is 0 Å². The zero-order valence-electron chi connectivity index (χ0n) is 12.5. The number of methoxy groups -OCH3 is 1. The lowest BCUT2D eigenvalue weighted by atomic mass is 10.1. The third-order valence-corrected chi connectivity index (χ3v) is 4.32. The van der Waals surface area contributed by atoms with Gasteiger partial charge in [-0.25, -0.2) is 0 Å².